The number of fused-ring (bicyclic) bond motifs is 1. The third-order valence-corrected chi connectivity index (χ3v) is 4.03. The first kappa shape index (κ1) is 21.9. The molecule has 1 aliphatic rings. The molecule has 0 radical (unpaired) electrons. The zero-order chi connectivity index (χ0) is 19.1. The first-order valence-electron chi connectivity index (χ1n) is 7.11. The van der Waals surface area contributed by atoms with Gasteiger partial charge in [-0.15, -0.1) is 0 Å². The molecule has 1 unspecified atom stereocenters. The van der Waals surface area contributed by atoms with Gasteiger partial charge >= 0.3 is 41.7 Å². The molecule has 1 heterocycles. The SMILES string of the molecule is O=C(O)C1=Cc2c(ccc(Cl)c2Oc2cccc(Cl)c2)OC1C(F)(F)F.[NaH]. The first-order valence-corrected chi connectivity index (χ1v) is 7.86. The molecule has 2 aromatic carbocycles. The fourth-order valence-corrected chi connectivity index (χ4v) is 2.77. The molecule has 4 nitrogen and oxygen atoms in total. The summed E-state index contributed by atoms with van der Waals surface area (Å²) in [6.45, 7) is 0. The second kappa shape index (κ2) is 8.32. The summed E-state index contributed by atoms with van der Waals surface area (Å²) in [6, 6.07) is 8.77. The summed E-state index contributed by atoms with van der Waals surface area (Å²) in [5.74, 6) is -1.72. The van der Waals surface area contributed by atoms with E-state index in [0.29, 0.717) is 5.02 Å². The van der Waals surface area contributed by atoms with E-state index in [1.54, 1.807) is 18.2 Å². The third-order valence-electron chi connectivity index (χ3n) is 3.50. The van der Waals surface area contributed by atoms with E-state index in [9.17, 15) is 18.0 Å². The Labute approximate surface area is 183 Å². The number of rotatable bonds is 3. The molecule has 0 amide bonds. The zero-order valence-corrected chi connectivity index (χ0v) is 14.2. The van der Waals surface area contributed by atoms with Crippen LogP contribution in [0, 0.1) is 0 Å². The van der Waals surface area contributed by atoms with Crippen LogP contribution in [0.4, 0.5) is 13.2 Å². The fraction of sp³-hybridized carbons (Fsp3) is 0.118. The van der Waals surface area contributed by atoms with Crippen molar-refractivity contribution in [3.05, 3.63) is 57.6 Å². The van der Waals surface area contributed by atoms with Gasteiger partial charge < -0.3 is 14.6 Å². The molecule has 2 aromatic rings. The Morgan fingerprint density at radius 3 is 2.48 bits per heavy atom. The number of hydrogen-bond donors (Lipinski definition) is 1. The van der Waals surface area contributed by atoms with Crippen LogP contribution in [-0.4, -0.2) is 52.9 Å². The normalized spacial score (nSPS) is 15.7. The van der Waals surface area contributed by atoms with Gasteiger partial charge in [0.2, 0.25) is 6.10 Å². The molecule has 0 saturated carbocycles. The second-order valence-electron chi connectivity index (χ2n) is 5.29. The van der Waals surface area contributed by atoms with E-state index in [1.807, 2.05) is 0 Å². The van der Waals surface area contributed by atoms with Crippen LogP contribution in [0.3, 0.4) is 0 Å². The number of carboxylic acids is 1. The van der Waals surface area contributed by atoms with Gasteiger partial charge in [-0.3, -0.25) is 0 Å². The molecular weight excluding hydrogens is 419 g/mol. The van der Waals surface area contributed by atoms with Gasteiger partial charge in [-0.25, -0.2) is 4.79 Å². The van der Waals surface area contributed by atoms with Crippen molar-refractivity contribution >= 4 is 64.8 Å². The summed E-state index contributed by atoms with van der Waals surface area (Å²) < 4.78 is 49.9. The number of aliphatic carboxylic acids is 1. The Kier molecular flexibility index (Phi) is 6.76. The van der Waals surface area contributed by atoms with Crippen LogP contribution in [0.25, 0.3) is 6.08 Å². The molecule has 3 rings (SSSR count). The summed E-state index contributed by atoms with van der Waals surface area (Å²) in [7, 11) is 0. The van der Waals surface area contributed by atoms with Gasteiger partial charge in [0.15, 0.2) is 5.75 Å². The Bertz CT molecular complexity index is 916. The van der Waals surface area contributed by atoms with E-state index in [2.05, 4.69) is 0 Å². The minimum absolute atomic E-state index is 0. The van der Waals surface area contributed by atoms with Gasteiger partial charge in [-0.2, -0.15) is 13.2 Å². The standard InChI is InChI=1S/C17H9Cl2F3O4.Na.H/c18-8-2-1-3-9(6-8)25-14-10-7-11(16(23)24)15(17(20,21)22)26-13(10)5-4-12(14)19;;/h1-7,15H,(H,23,24);;. The van der Waals surface area contributed by atoms with E-state index >= 15 is 0 Å². The first-order chi connectivity index (χ1) is 12.2. The van der Waals surface area contributed by atoms with Crippen molar-refractivity contribution in [1.82, 2.24) is 0 Å². The van der Waals surface area contributed by atoms with Crippen LogP contribution in [-0.2, 0) is 4.79 Å². The average molecular weight is 429 g/mol. The molecule has 0 aromatic heterocycles. The monoisotopic (exact) mass is 428 g/mol. The topological polar surface area (TPSA) is 55.8 Å². The molecule has 138 valence electrons. The number of benzene rings is 2. The summed E-state index contributed by atoms with van der Waals surface area (Å²) >= 11 is 12.0. The molecule has 0 bridgehead atoms. The van der Waals surface area contributed by atoms with Crippen LogP contribution < -0.4 is 9.47 Å². The molecule has 0 spiro atoms. The van der Waals surface area contributed by atoms with Gasteiger partial charge in [0.05, 0.1) is 16.2 Å². The van der Waals surface area contributed by atoms with Crippen molar-refractivity contribution in [1.29, 1.82) is 0 Å². The number of alkyl halides is 3. The fourth-order valence-electron chi connectivity index (χ4n) is 2.39. The predicted molar refractivity (Wildman–Crippen MR) is 96.2 cm³/mol. The number of hydrogen-bond acceptors (Lipinski definition) is 3. The van der Waals surface area contributed by atoms with Crippen LogP contribution in [0.15, 0.2) is 42.0 Å². The average Bonchev–Trinajstić information content (AvgIpc) is 2.55. The molecule has 10 heteroatoms. The van der Waals surface area contributed by atoms with E-state index in [4.69, 9.17) is 37.8 Å². The third kappa shape index (κ3) is 4.73. The van der Waals surface area contributed by atoms with E-state index < -0.39 is 23.8 Å². The number of carbonyl (C=O) groups is 1. The van der Waals surface area contributed by atoms with Crippen molar-refractivity contribution in [2.45, 2.75) is 12.3 Å². The Balaban J connectivity index is 0.00000261. The molecule has 27 heavy (non-hydrogen) atoms. The molecule has 1 atom stereocenters. The molecular formula is C17H10Cl2F3NaO4. The van der Waals surface area contributed by atoms with Crippen molar-refractivity contribution in [2.75, 3.05) is 0 Å². The second-order valence-corrected chi connectivity index (χ2v) is 6.14. The summed E-state index contributed by atoms with van der Waals surface area (Å²) in [6.07, 6.45) is -6.63. The molecule has 1 aliphatic heterocycles. The number of ether oxygens (including phenoxy) is 2. The quantitative estimate of drug-likeness (QED) is 0.704. The minimum atomic E-state index is -4.89. The van der Waals surface area contributed by atoms with Gasteiger partial charge in [0.25, 0.3) is 0 Å². The van der Waals surface area contributed by atoms with Crippen molar-refractivity contribution < 1.29 is 32.5 Å². The summed E-state index contributed by atoms with van der Waals surface area (Å²) in [4.78, 5) is 11.3. The Morgan fingerprint density at radius 1 is 1.19 bits per heavy atom. The van der Waals surface area contributed by atoms with E-state index in [1.165, 1.54) is 18.2 Å². The molecule has 0 saturated heterocycles. The number of carboxylic acid groups (broad SMARTS) is 1. The van der Waals surface area contributed by atoms with E-state index in [-0.39, 0.29) is 57.4 Å². The van der Waals surface area contributed by atoms with E-state index in [0.717, 1.165) is 6.08 Å². The predicted octanol–water partition coefficient (Wildman–Crippen LogP) is 4.93. The molecule has 0 fully saturated rings. The van der Waals surface area contributed by atoms with Crippen LogP contribution in [0.2, 0.25) is 10.0 Å². The maximum absolute atomic E-state index is 13.1. The van der Waals surface area contributed by atoms with Crippen molar-refractivity contribution in [3.8, 4) is 17.2 Å². The Morgan fingerprint density at radius 2 is 1.89 bits per heavy atom. The zero-order valence-electron chi connectivity index (χ0n) is 12.7. The maximum atomic E-state index is 13.1. The number of halogens is 5. The van der Waals surface area contributed by atoms with Gasteiger partial charge in [0, 0.05) is 5.02 Å². The van der Waals surface area contributed by atoms with Crippen LogP contribution >= 0.6 is 23.2 Å². The van der Waals surface area contributed by atoms with Crippen molar-refractivity contribution in [2.24, 2.45) is 0 Å². The van der Waals surface area contributed by atoms with Crippen molar-refractivity contribution in [3.63, 3.8) is 0 Å². The summed E-state index contributed by atoms with van der Waals surface area (Å²) in [5.41, 5.74) is -0.974. The van der Waals surface area contributed by atoms with Gasteiger partial charge in [-0.1, -0.05) is 29.3 Å². The molecule has 0 aliphatic carbocycles. The van der Waals surface area contributed by atoms with Crippen LogP contribution in [0.5, 0.6) is 17.2 Å². The van der Waals surface area contributed by atoms with Gasteiger partial charge in [0.1, 0.15) is 11.5 Å². The van der Waals surface area contributed by atoms with Crippen LogP contribution in [0.1, 0.15) is 5.56 Å². The Hall–Kier alpha value is -1.38. The molecule has 1 N–H and O–H groups in total. The van der Waals surface area contributed by atoms with Gasteiger partial charge in [-0.05, 0) is 36.4 Å². The summed E-state index contributed by atoms with van der Waals surface area (Å²) in [5, 5.41) is 9.59.